The normalized spacial score (nSPS) is 32.4. The van der Waals surface area contributed by atoms with Gasteiger partial charge in [0.05, 0.1) is 4.87 Å². The third kappa shape index (κ3) is 3.78. The quantitative estimate of drug-likeness (QED) is 0.743. The summed E-state index contributed by atoms with van der Waals surface area (Å²) in [6, 6.07) is 0.238. The largest absolute Gasteiger partial charge is 0.444 e. The molecular formula is C14H26N2O2S. The van der Waals surface area contributed by atoms with E-state index in [9.17, 15) is 4.79 Å². The number of likely N-dealkylation sites (tertiary alicyclic amines) is 1. The Balaban J connectivity index is 1.95. The van der Waals surface area contributed by atoms with Crippen molar-refractivity contribution in [3.8, 4) is 0 Å². The molecule has 0 bridgehead atoms. The highest BCUT2D eigenvalue weighted by molar-refractivity contribution is 8.00. The van der Waals surface area contributed by atoms with Crippen LogP contribution < -0.4 is 5.32 Å². The van der Waals surface area contributed by atoms with Gasteiger partial charge in [-0.15, -0.1) is 11.8 Å². The molecule has 2 aliphatic rings. The minimum atomic E-state index is -0.413. The first kappa shape index (κ1) is 15.0. The molecule has 5 heteroatoms. The lowest BCUT2D eigenvalue weighted by Crippen LogP contribution is -2.58. The Morgan fingerprint density at radius 2 is 2.21 bits per heavy atom. The maximum Gasteiger partial charge on any atom is 0.410 e. The van der Waals surface area contributed by atoms with Crippen molar-refractivity contribution < 1.29 is 9.53 Å². The van der Waals surface area contributed by atoms with E-state index in [1.165, 1.54) is 12.2 Å². The molecule has 2 unspecified atom stereocenters. The number of nitrogens with zero attached hydrogens (tertiary/aromatic N) is 1. The molecule has 1 N–H and O–H groups in total. The zero-order chi connectivity index (χ0) is 14.1. The summed E-state index contributed by atoms with van der Waals surface area (Å²) in [5.41, 5.74) is -0.413. The van der Waals surface area contributed by atoms with Gasteiger partial charge in [-0.05, 0) is 59.3 Å². The van der Waals surface area contributed by atoms with Crippen LogP contribution in [0.3, 0.4) is 0 Å². The van der Waals surface area contributed by atoms with Crippen molar-refractivity contribution in [1.82, 2.24) is 10.2 Å². The molecule has 0 aromatic rings. The van der Waals surface area contributed by atoms with Gasteiger partial charge in [0.25, 0.3) is 0 Å². The van der Waals surface area contributed by atoms with Gasteiger partial charge < -0.3 is 15.0 Å². The Morgan fingerprint density at radius 3 is 2.74 bits per heavy atom. The molecule has 0 aromatic carbocycles. The Kier molecular flexibility index (Phi) is 4.35. The minimum absolute atomic E-state index is 0.171. The van der Waals surface area contributed by atoms with Crippen LogP contribution in [0.15, 0.2) is 0 Å². The molecule has 2 heterocycles. The van der Waals surface area contributed by atoms with Crippen molar-refractivity contribution in [2.75, 3.05) is 18.8 Å². The number of hydrogen-bond acceptors (Lipinski definition) is 4. The SMILES string of the molecule is CC1CC2(CCN1C(=O)OC(C)(C)C)NCCCS2. The number of rotatable bonds is 0. The summed E-state index contributed by atoms with van der Waals surface area (Å²) >= 11 is 2.03. The number of nitrogens with one attached hydrogen (secondary N) is 1. The third-order valence-corrected chi connectivity index (χ3v) is 5.25. The number of ether oxygens (including phenoxy) is 1. The van der Waals surface area contributed by atoms with E-state index in [2.05, 4.69) is 12.2 Å². The molecule has 0 saturated carbocycles. The topological polar surface area (TPSA) is 41.6 Å². The summed E-state index contributed by atoms with van der Waals surface area (Å²) < 4.78 is 5.48. The molecule has 0 aromatic heterocycles. The van der Waals surface area contributed by atoms with Crippen molar-refractivity contribution in [2.24, 2.45) is 0 Å². The predicted octanol–water partition coefficient (Wildman–Crippen LogP) is 2.83. The summed E-state index contributed by atoms with van der Waals surface area (Å²) in [6.07, 6.45) is 3.10. The van der Waals surface area contributed by atoms with Crippen LogP contribution in [0.25, 0.3) is 0 Å². The molecule has 2 aliphatic heterocycles. The van der Waals surface area contributed by atoms with E-state index in [1.807, 2.05) is 37.4 Å². The molecule has 1 amide bonds. The second-order valence-electron chi connectivity index (χ2n) is 6.60. The van der Waals surface area contributed by atoms with Crippen molar-refractivity contribution in [3.05, 3.63) is 0 Å². The van der Waals surface area contributed by atoms with Crippen LogP contribution in [0, 0.1) is 0 Å². The van der Waals surface area contributed by atoms with Gasteiger partial charge >= 0.3 is 6.09 Å². The van der Waals surface area contributed by atoms with Crippen molar-refractivity contribution in [3.63, 3.8) is 0 Å². The van der Waals surface area contributed by atoms with Gasteiger partial charge in [0.15, 0.2) is 0 Å². The highest BCUT2D eigenvalue weighted by Gasteiger charge is 2.41. The first-order valence-corrected chi connectivity index (χ1v) is 8.19. The first-order valence-electron chi connectivity index (χ1n) is 7.20. The molecular weight excluding hydrogens is 260 g/mol. The lowest BCUT2D eigenvalue weighted by Gasteiger charge is -2.47. The van der Waals surface area contributed by atoms with Crippen molar-refractivity contribution >= 4 is 17.9 Å². The monoisotopic (exact) mass is 286 g/mol. The van der Waals surface area contributed by atoms with Crippen LogP contribution in [0.1, 0.15) is 47.0 Å². The smallest absolute Gasteiger partial charge is 0.410 e. The highest BCUT2D eigenvalue weighted by Crippen LogP contribution is 2.39. The molecule has 0 aliphatic carbocycles. The van der Waals surface area contributed by atoms with Crippen LogP contribution >= 0.6 is 11.8 Å². The van der Waals surface area contributed by atoms with E-state index in [1.54, 1.807) is 0 Å². The fraction of sp³-hybridized carbons (Fsp3) is 0.929. The van der Waals surface area contributed by atoms with Gasteiger partial charge in [0.1, 0.15) is 5.60 Å². The standard InChI is InChI=1S/C14H26N2O2S/c1-11-10-14(15-7-5-9-19-14)6-8-16(11)12(17)18-13(2,3)4/h11,15H,5-10H2,1-4H3. The highest BCUT2D eigenvalue weighted by atomic mass is 32.2. The number of hydrogen-bond donors (Lipinski definition) is 1. The molecule has 2 saturated heterocycles. The zero-order valence-corrected chi connectivity index (χ0v) is 13.3. The summed E-state index contributed by atoms with van der Waals surface area (Å²) in [7, 11) is 0. The van der Waals surface area contributed by atoms with E-state index in [0.29, 0.717) is 0 Å². The number of piperidine rings is 1. The Morgan fingerprint density at radius 1 is 1.47 bits per heavy atom. The molecule has 4 nitrogen and oxygen atoms in total. The molecule has 110 valence electrons. The summed E-state index contributed by atoms with van der Waals surface area (Å²) in [6.45, 7) is 9.77. The van der Waals surface area contributed by atoms with Crippen LogP contribution in [0.5, 0.6) is 0 Å². The van der Waals surface area contributed by atoms with E-state index in [4.69, 9.17) is 4.74 Å². The summed E-state index contributed by atoms with van der Waals surface area (Å²) in [5, 5.41) is 3.66. The minimum Gasteiger partial charge on any atom is -0.444 e. The number of thioether (sulfide) groups is 1. The number of carbonyl (C=O) groups excluding carboxylic acids is 1. The number of carbonyl (C=O) groups is 1. The van der Waals surface area contributed by atoms with Gasteiger partial charge in [0, 0.05) is 12.6 Å². The lowest BCUT2D eigenvalue weighted by atomic mass is 9.97. The maximum absolute atomic E-state index is 12.2. The fourth-order valence-electron chi connectivity index (χ4n) is 2.80. The summed E-state index contributed by atoms with van der Waals surface area (Å²) in [5.74, 6) is 1.23. The van der Waals surface area contributed by atoms with Crippen LogP contribution in [0.4, 0.5) is 4.79 Å². The lowest BCUT2D eigenvalue weighted by molar-refractivity contribution is 0.00766. The molecule has 2 rings (SSSR count). The average Bonchev–Trinajstić information content (AvgIpc) is 2.27. The molecule has 1 spiro atoms. The molecule has 2 atom stereocenters. The molecule has 0 radical (unpaired) electrons. The van der Waals surface area contributed by atoms with E-state index < -0.39 is 5.60 Å². The first-order chi connectivity index (χ1) is 8.81. The van der Waals surface area contributed by atoms with E-state index >= 15 is 0 Å². The maximum atomic E-state index is 12.2. The fourth-order valence-corrected chi connectivity index (χ4v) is 4.28. The zero-order valence-electron chi connectivity index (χ0n) is 12.5. The second-order valence-corrected chi connectivity index (χ2v) is 8.08. The second kappa shape index (κ2) is 5.52. The average molecular weight is 286 g/mol. The Bertz CT molecular complexity index is 335. The molecule has 2 fully saturated rings. The number of amides is 1. The van der Waals surface area contributed by atoms with E-state index in [-0.39, 0.29) is 17.0 Å². The van der Waals surface area contributed by atoms with Crippen LogP contribution in [0.2, 0.25) is 0 Å². The van der Waals surface area contributed by atoms with Crippen LogP contribution in [-0.4, -0.2) is 46.3 Å². The van der Waals surface area contributed by atoms with Gasteiger partial charge in [0.2, 0.25) is 0 Å². The van der Waals surface area contributed by atoms with Crippen molar-refractivity contribution in [2.45, 2.75) is 63.5 Å². The summed E-state index contributed by atoms with van der Waals surface area (Å²) in [4.78, 5) is 14.2. The Hall–Kier alpha value is -0.420. The predicted molar refractivity (Wildman–Crippen MR) is 79.4 cm³/mol. The van der Waals surface area contributed by atoms with Crippen molar-refractivity contribution in [1.29, 1.82) is 0 Å². The van der Waals surface area contributed by atoms with E-state index in [0.717, 1.165) is 25.9 Å². The van der Waals surface area contributed by atoms with Gasteiger partial charge in [-0.25, -0.2) is 4.79 Å². The van der Waals surface area contributed by atoms with Crippen LogP contribution in [-0.2, 0) is 4.74 Å². The third-order valence-electron chi connectivity index (χ3n) is 3.69. The molecule has 19 heavy (non-hydrogen) atoms. The Labute approximate surface area is 120 Å². The van der Waals surface area contributed by atoms with Gasteiger partial charge in [-0.2, -0.15) is 0 Å². The van der Waals surface area contributed by atoms with Gasteiger partial charge in [-0.3, -0.25) is 0 Å². The van der Waals surface area contributed by atoms with Gasteiger partial charge in [-0.1, -0.05) is 0 Å².